The van der Waals surface area contributed by atoms with Crippen LogP contribution in [0, 0.1) is 6.92 Å². The van der Waals surface area contributed by atoms with Gasteiger partial charge in [0.1, 0.15) is 0 Å². The van der Waals surface area contributed by atoms with Gasteiger partial charge in [-0.3, -0.25) is 14.2 Å². The molecule has 0 aliphatic carbocycles. The molecule has 7 nitrogen and oxygen atoms in total. The van der Waals surface area contributed by atoms with E-state index in [0.29, 0.717) is 16.9 Å². The van der Waals surface area contributed by atoms with Crippen molar-refractivity contribution in [2.45, 2.75) is 20.4 Å². The molecule has 1 N–H and O–H groups in total. The van der Waals surface area contributed by atoms with Crippen LogP contribution in [0.2, 0.25) is 0 Å². The standard InChI is InChI=1S/C20H20N6O/c1-4-26-13(2)19(11-22-26)24-20(27)16-9-18(14-10-21-25(3)12-14)23-17-8-6-5-7-15(16)17/h5-12H,4H2,1-3H3,(H,24,27). The Bertz CT molecular complexity index is 1140. The zero-order chi connectivity index (χ0) is 19.0. The predicted molar refractivity (Wildman–Crippen MR) is 105 cm³/mol. The molecule has 1 aromatic carbocycles. The number of pyridine rings is 1. The average molecular weight is 360 g/mol. The van der Waals surface area contributed by atoms with Gasteiger partial charge in [0, 0.05) is 30.7 Å². The Balaban J connectivity index is 1.79. The highest BCUT2D eigenvalue weighted by Crippen LogP contribution is 2.25. The van der Waals surface area contributed by atoms with E-state index in [0.717, 1.165) is 28.7 Å². The van der Waals surface area contributed by atoms with Gasteiger partial charge in [0.25, 0.3) is 5.91 Å². The van der Waals surface area contributed by atoms with Gasteiger partial charge in [0.2, 0.25) is 0 Å². The first-order valence-electron chi connectivity index (χ1n) is 8.79. The second-order valence-electron chi connectivity index (χ2n) is 6.39. The van der Waals surface area contributed by atoms with Crippen LogP contribution in [0.4, 0.5) is 5.69 Å². The van der Waals surface area contributed by atoms with Crippen molar-refractivity contribution in [2.75, 3.05) is 5.32 Å². The molecule has 0 radical (unpaired) electrons. The third-order valence-electron chi connectivity index (χ3n) is 4.61. The van der Waals surface area contributed by atoms with Gasteiger partial charge in [-0.1, -0.05) is 18.2 Å². The number of aromatic nitrogens is 5. The van der Waals surface area contributed by atoms with Crippen LogP contribution in [-0.2, 0) is 13.6 Å². The second kappa shape index (κ2) is 6.68. The average Bonchev–Trinajstić information content (AvgIpc) is 3.26. The second-order valence-corrected chi connectivity index (χ2v) is 6.39. The van der Waals surface area contributed by atoms with Gasteiger partial charge in [-0.15, -0.1) is 0 Å². The van der Waals surface area contributed by atoms with Gasteiger partial charge in [-0.05, 0) is 26.0 Å². The molecular weight excluding hydrogens is 340 g/mol. The summed E-state index contributed by atoms with van der Waals surface area (Å²) in [6.45, 7) is 4.71. The fourth-order valence-electron chi connectivity index (χ4n) is 3.14. The third kappa shape index (κ3) is 3.08. The summed E-state index contributed by atoms with van der Waals surface area (Å²) < 4.78 is 3.57. The normalized spacial score (nSPS) is 11.1. The first-order valence-corrected chi connectivity index (χ1v) is 8.79. The minimum atomic E-state index is -0.183. The molecule has 7 heteroatoms. The maximum absolute atomic E-state index is 13.1. The molecule has 0 fully saturated rings. The minimum Gasteiger partial charge on any atom is -0.319 e. The summed E-state index contributed by atoms with van der Waals surface area (Å²) in [7, 11) is 1.85. The fourth-order valence-corrected chi connectivity index (χ4v) is 3.14. The molecule has 4 aromatic rings. The van der Waals surface area contributed by atoms with Crippen LogP contribution < -0.4 is 5.32 Å². The number of nitrogens with zero attached hydrogens (tertiary/aromatic N) is 5. The van der Waals surface area contributed by atoms with Crippen molar-refractivity contribution in [3.05, 3.63) is 60.2 Å². The molecule has 0 spiro atoms. The lowest BCUT2D eigenvalue weighted by molar-refractivity contribution is 0.102. The monoisotopic (exact) mass is 360 g/mol. The van der Waals surface area contributed by atoms with Crippen molar-refractivity contribution in [1.29, 1.82) is 0 Å². The summed E-state index contributed by atoms with van der Waals surface area (Å²) in [6, 6.07) is 9.46. The van der Waals surface area contributed by atoms with E-state index in [-0.39, 0.29) is 5.91 Å². The lowest BCUT2D eigenvalue weighted by Crippen LogP contribution is -2.14. The van der Waals surface area contributed by atoms with Crippen LogP contribution in [0.15, 0.2) is 48.9 Å². The molecule has 0 atom stereocenters. The number of benzene rings is 1. The lowest BCUT2D eigenvalue weighted by atomic mass is 10.0. The Morgan fingerprint density at radius 1 is 1.19 bits per heavy atom. The van der Waals surface area contributed by atoms with Crippen molar-refractivity contribution in [1.82, 2.24) is 24.5 Å². The smallest absolute Gasteiger partial charge is 0.256 e. The van der Waals surface area contributed by atoms with Gasteiger partial charge in [0.05, 0.1) is 40.5 Å². The summed E-state index contributed by atoms with van der Waals surface area (Å²) in [4.78, 5) is 17.8. The molecule has 3 aromatic heterocycles. The largest absolute Gasteiger partial charge is 0.319 e. The van der Waals surface area contributed by atoms with Gasteiger partial charge >= 0.3 is 0 Å². The fraction of sp³-hybridized carbons (Fsp3) is 0.200. The van der Waals surface area contributed by atoms with Crippen molar-refractivity contribution in [2.24, 2.45) is 7.05 Å². The lowest BCUT2D eigenvalue weighted by Gasteiger charge is -2.10. The number of carbonyl (C=O) groups excluding carboxylic acids is 1. The third-order valence-corrected chi connectivity index (χ3v) is 4.61. The molecule has 0 unspecified atom stereocenters. The van der Waals surface area contributed by atoms with Crippen LogP contribution >= 0.6 is 0 Å². The minimum absolute atomic E-state index is 0.183. The maximum atomic E-state index is 13.1. The number of rotatable bonds is 4. The van der Waals surface area contributed by atoms with Crippen molar-refractivity contribution in [3.63, 3.8) is 0 Å². The van der Waals surface area contributed by atoms with Crippen molar-refractivity contribution >= 4 is 22.5 Å². The summed E-state index contributed by atoms with van der Waals surface area (Å²) in [6.07, 6.45) is 5.31. The van der Waals surface area contributed by atoms with Crippen LogP contribution in [0.3, 0.4) is 0 Å². The molecule has 1 amide bonds. The van der Waals surface area contributed by atoms with Crippen molar-refractivity contribution < 1.29 is 4.79 Å². The number of carbonyl (C=O) groups is 1. The molecule has 0 saturated carbocycles. The Hall–Kier alpha value is -3.48. The Kier molecular flexibility index (Phi) is 4.19. The molecular formula is C20H20N6O. The van der Waals surface area contributed by atoms with E-state index in [4.69, 9.17) is 4.98 Å². The summed E-state index contributed by atoms with van der Waals surface area (Å²) in [5.41, 5.74) is 4.57. The van der Waals surface area contributed by atoms with Crippen molar-refractivity contribution in [3.8, 4) is 11.3 Å². The molecule has 0 aliphatic rings. The van der Waals surface area contributed by atoms with Crippen LogP contribution in [0.1, 0.15) is 23.0 Å². The van der Waals surface area contributed by atoms with E-state index >= 15 is 0 Å². The number of aryl methyl sites for hydroxylation is 2. The van der Waals surface area contributed by atoms with Crippen LogP contribution in [0.25, 0.3) is 22.2 Å². The molecule has 0 bridgehead atoms. The Morgan fingerprint density at radius 2 is 2.00 bits per heavy atom. The number of para-hydroxylation sites is 1. The van der Waals surface area contributed by atoms with E-state index in [2.05, 4.69) is 15.5 Å². The molecule has 0 aliphatic heterocycles. The van der Waals surface area contributed by atoms with Gasteiger partial charge in [0.15, 0.2) is 0 Å². The van der Waals surface area contributed by atoms with Gasteiger partial charge < -0.3 is 5.32 Å². The zero-order valence-corrected chi connectivity index (χ0v) is 15.5. The van der Waals surface area contributed by atoms with Crippen LogP contribution in [-0.4, -0.2) is 30.5 Å². The van der Waals surface area contributed by atoms with Gasteiger partial charge in [-0.25, -0.2) is 4.98 Å². The van der Waals surface area contributed by atoms with E-state index in [1.165, 1.54) is 0 Å². The first kappa shape index (κ1) is 17.0. The quantitative estimate of drug-likeness (QED) is 0.605. The number of hydrogen-bond acceptors (Lipinski definition) is 4. The predicted octanol–water partition coefficient (Wildman–Crippen LogP) is 3.41. The topological polar surface area (TPSA) is 77.6 Å². The molecule has 0 saturated heterocycles. The number of nitrogens with one attached hydrogen (secondary N) is 1. The van der Waals surface area contributed by atoms with E-state index in [1.54, 1.807) is 17.1 Å². The SMILES string of the molecule is CCn1ncc(NC(=O)c2cc(-c3cnn(C)c3)nc3ccccc23)c1C. The molecule has 136 valence electrons. The summed E-state index contributed by atoms with van der Waals surface area (Å²) in [5, 5.41) is 12.3. The number of anilines is 1. The van der Waals surface area contributed by atoms with E-state index in [9.17, 15) is 4.79 Å². The number of hydrogen-bond donors (Lipinski definition) is 1. The molecule has 4 rings (SSSR count). The summed E-state index contributed by atoms with van der Waals surface area (Å²) in [5.74, 6) is -0.183. The first-order chi connectivity index (χ1) is 13.1. The van der Waals surface area contributed by atoms with E-state index < -0.39 is 0 Å². The Labute approximate surface area is 156 Å². The summed E-state index contributed by atoms with van der Waals surface area (Å²) >= 11 is 0. The molecule has 3 heterocycles. The molecule has 27 heavy (non-hydrogen) atoms. The highest BCUT2D eigenvalue weighted by atomic mass is 16.1. The van der Waals surface area contributed by atoms with Gasteiger partial charge in [-0.2, -0.15) is 10.2 Å². The number of fused-ring (bicyclic) bond motifs is 1. The Morgan fingerprint density at radius 3 is 2.70 bits per heavy atom. The van der Waals surface area contributed by atoms with Crippen LogP contribution in [0.5, 0.6) is 0 Å². The zero-order valence-electron chi connectivity index (χ0n) is 15.5. The van der Waals surface area contributed by atoms with E-state index in [1.807, 2.05) is 62.1 Å². The highest BCUT2D eigenvalue weighted by Gasteiger charge is 2.16. The highest BCUT2D eigenvalue weighted by molar-refractivity contribution is 6.13. The maximum Gasteiger partial charge on any atom is 0.256 e. The number of amides is 1.